The van der Waals surface area contributed by atoms with Crippen LogP contribution in [0.3, 0.4) is 0 Å². The Bertz CT molecular complexity index is 908. The van der Waals surface area contributed by atoms with Crippen LogP contribution in [0, 0.1) is 5.82 Å². The van der Waals surface area contributed by atoms with E-state index in [0.29, 0.717) is 42.7 Å². The molecule has 0 amide bonds. The molecule has 1 heterocycles. The summed E-state index contributed by atoms with van der Waals surface area (Å²) in [6.07, 6.45) is 1.36. The van der Waals surface area contributed by atoms with E-state index < -0.39 is 6.10 Å². The molecular formula is C23H25Cl2FN2O3. The van der Waals surface area contributed by atoms with Gasteiger partial charge in [0, 0.05) is 31.6 Å². The average molecular weight is 467 g/mol. The van der Waals surface area contributed by atoms with Crippen molar-refractivity contribution in [1.82, 2.24) is 4.90 Å². The van der Waals surface area contributed by atoms with Crippen molar-refractivity contribution in [1.29, 1.82) is 0 Å². The number of halogens is 3. The molecule has 1 aliphatic rings. The minimum absolute atomic E-state index is 0.189. The first-order valence-corrected chi connectivity index (χ1v) is 10.7. The van der Waals surface area contributed by atoms with Crippen molar-refractivity contribution in [3.05, 3.63) is 82.1 Å². The summed E-state index contributed by atoms with van der Waals surface area (Å²) in [4.78, 5) is 7.69. The first-order valence-electron chi connectivity index (χ1n) is 9.96. The van der Waals surface area contributed by atoms with Gasteiger partial charge in [0.2, 0.25) is 0 Å². The molecule has 31 heavy (non-hydrogen) atoms. The van der Waals surface area contributed by atoms with E-state index in [1.807, 2.05) is 11.0 Å². The van der Waals surface area contributed by atoms with Gasteiger partial charge in [-0.25, -0.2) is 4.39 Å². The van der Waals surface area contributed by atoms with E-state index in [1.54, 1.807) is 30.3 Å². The van der Waals surface area contributed by atoms with Crippen LogP contribution in [-0.4, -0.2) is 54.2 Å². The van der Waals surface area contributed by atoms with Crippen molar-refractivity contribution in [2.45, 2.75) is 25.2 Å². The van der Waals surface area contributed by atoms with Crippen molar-refractivity contribution >= 4 is 28.9 Å². The highest BCUT2D eigenvalue weighted by Crippen LogP contribution is 2.26. The van der Waals surface area contributed by atoms with Crippen molar-refractivity contribution in [2.24, 2.45) is 5.16 Å². The van der Waals surface area contributed by atoms with E-state index in [4.69, 9.17) is 32.8 Å². The Hall–Kier alpha value is -1.96. The van der Waals surface area contributed by atoms with Crippen molar-refractivity contribution in [2.75, 3.05) is 26.3 Å². The predicted octanol–water partition coefficient (Wildman–Crippen LogP) is 4.69. The zero-order valence-corrected chi connectivity index (χ0v) is 18.5. The summed E-state index contributed by atoms with van der Waals surface area (Å²) < 4.78 is 18.6. The highest BCUT2D eigenvalue weighted by atomic mass is 35.5. The van der Waals surface area contributed by atoms with Crippen LogP contribution in [0.15, 0.2) is 60.3 Å². The molecule has 2 unspecified atom stereocenters. The fourth-order valence-corrected chi connectivity index (χ4v) is 3.65. The van der Waals surface area contributed by atoms with Gasteiger partial charge in [0.05, 0.1) is 35.1 Å². The lowest BCUT2D eigenvalue weighted by Crippen LogP contribution is -2.39. The van der Waals surface area contributed by atoms with Gasteiger partial charge in [-0.1, -0.05) is 52.6 Å². The number of hydrogen-bond donors (Lipinski definition) is 1. The van der Waals surface area contributed by atoms with Crippen LogP contribution >= 0.6 is 23.2 Å². The molecule has 3 rings (SSSR count). The van der Waals surface area contributed by atoms with Gasteiger partial charge in [0.15, 0.2) is 0 Å². The molecule has 2 aromatic rings. The monoisotopic (exact) mass is 466 g/mol. The van der Waals surface area contributed by atoms with Gasteiger partial charge in [0.25, 0.3) is 0 Å². The third-order valence-electron chi connectivity index (χ3n) is 4.78. The third-order valence-corrected chi connectivity index (χ3v) is 5.52. The summed E-state index contributed by atoms with van der Waals surface area (Å²) in [5.41, 5.74) is 2.59. The Morgan fingerprint density at radius 3 is 2.74 bits per heavy atom. The quantitative estimate of drug-likeness (QED) is 0.385. The maximum atomic E-state index is 13.3. The number of ether oxygens (including phenoxy) is 1. The van der Waals surface area contributed by atoms with E-state index in [9.17, 15) is 9.50 Å². The van der Waals surface area contributed by atoms with Crippen LogP contribution in [0.5, 0.6) is 0 Å². The molecule has 0 aromatic heterocycles. The number of hydrogen-bond acceptors (Lipinski definition) is 5. The molecule has 1 N–H and O–H groups in total. The van der Waals surface area contributed by atoms with Gasteiger partial charge in [-0.05, 0) is 29.8 Å². The van der Waals surface area contributed by atoms with E-state index >= 15 is 0 Å². The summed E-state index contributed by atoms with van der Waals surface area (Å²) in [7, 11) is 0. The molecule has 0 spiro atoms. The maximum Gasteiger partial charge on any atom is 0.145 e. The SMILES string of the molecule is C=CCOCC(O)CN(Cc1ccc(F)cc1)CC1CC(c2ccc(Cl)c(Cl)c2)=NO1. The normalized spacial score (nSPS) is 16.8. The topological polar surface area (TPSA) is 54.3 Å². The molecule has 0 saturated carbocycles. The number of nitrogens with zero attached hydrogens (tertiary/aromatic N) is 2. The molecule has 1 aliphatic heterocycles. The molecular weight excluding hydrogens is 442 g/mol. The summed E-state index contributed by atoms with van der Waals surface area (Å²) in [6, 6.07) is 11.7. The largest absolute Gasteiger partial charge is 0.390 e. The van der Waals surface area contributed by atoms with Crippen LogP contribution in [0.4, 0.5) is 4.39 Å². The first-order chi connectivity index (χ1) is 14.9. The van der Waals surface area contributed by atoms with E-state index in [2.05, 4.69) is 11.7 Å². The van der Waals surface area contributed by atoms with Crippen molar-refractivity contribution < 1.29 is 19.1 Å². The van der Waals surface area contributed by atoms with Crippen LogP contribution in [0.1, 0.15) is 17.5 Å². The van der Waals surface area contributed by atoms with E-state index in [1.165, 1.54) is 12.1 Å². The number of benzene rings is 2. The Morgan fingerprint density at radius 1 is 1.26 bits per heavy atom. The molecule has 0 radical (unpaired) electrons. The second-order valence-corrected chi connectivity index (χ2v) is 8.21. The Morgan fingerprint density at radius 2 is 2.03 bits per heavy atom. The second-order valence-electron chi connectivity index (χ2n) is 7.40. The van der Waals surface area contributed by atoms with Crippen LogP contribution in [-0.2, 0) is 16.1 Å². The average Bonchev–Trinajstić information content (AvgIpc) is 3.20. The van der Waals surface area contributed by atoms with Crippen LogP contribution in [0.2, 0.25) is 10.0 Å². The zero-order chi connectivity index (χ0) is 22.2. The number of rotatable bonds is 11. The first kappa shape index (κ1) is 23.7. The molecule has 8 heteroatoms. The van der Waals surface area contributed by atoms with Gasteiger partial charge < -0.3 is 14.7 Å². The molecule has 2 aromatic carbocycles. The lowest BCUT2D eigenvalue weighted by Gasteiger charge is -2.27. The molecule has 5 nitrogen and oxygen atoms in total. The molecule has 0 fully saturated rings. The van der Waals surface area contributed by atoms with Gasteiger partial charge >= 0.3 is 0 Å². The minimum atomic E-state index is -0.683. The summed E-state index contributed by atoms with van der Waals surface area (Å²) in [6.45, 7) is 5.61. The standard InChI is InChI=1S/C23H25Cl2FN2O3/c1-2-9-30-15-19(29)13-28(12-16-3-6-18(26)7-4-16)14-20-11-23(27-31-20)17-5-8-21(24)22(25)10-17/h2-8,10,19-20,29H,1,9,11-15H2. The van der Waals surface area contributed by atoms with Gasteiger partial charge in [-0.2, -0.15) is 0 Å². The second kappa shape index (κ2) is 11.6. The fourth-order valence-electron chi connectivity index (χ4n) is 3.35. The van der Waals surface area contributed by atoms with E-state index in [0.717, 1.165) is 16.8 Å². The van der Waals surface area contributed by atoms with Crippen LogP contribution < -0.4 is 0 Å². The molecule has 0 saturated heterocycles. The van der Waals surface area contributed by atoms with Gasteiger partial charge in [-0.15, -0.1) is 6.58 Å². The Labute approximate surface area is 191 Å². The number of oxime groups is 1. The van der Waals surface area contributed by atoms with Crippen LogP contribution in [0.25, 0.3) is 0 Å². The highest BCUT2D eigenvalue weighted by Gasteiger charge is 2.26. The van der Waals surface area contributed by atoms with Crippen molar-refractivity contribution in [3.8, 4) is 0 Å². The highest BCUT2D eigenvalue weighted by molar-refractivity contribution is 6.42. The summed E-state index contributed by atoms with van der Waals surface area (Å²) in [5, 5.41) is 15.5. The van der Waals surface area contributed by atoms with Gasteiger partial charge in [0.1, 0.15) is 11.9 Å². The summed E-state index contributed by atoms with van der Waals surface area (Å²) in [5.74, 6) is -0.285. The number of aliphatic hydroxyl groups excluding tert-OH is 1. The third kappa shape index (κ3) is 7.30. The molecule has 166 valence electrons. The Kier molecular flexibility index (Phi) is 8.87. The molecule has 0 bridgehead atoms. The smallest absolute Gasteiger partial charge is 0.145 e. The predicted molar refractivity (Wildman–Crippen MR) is 121 cm³/mol. The van der Waals surface area contributed by atoms with Gasteiger partial charge in [-0.3, -0.25) is 4.90 Å². The molecule has 0 aliphatic carbocycles. The minimum Gasteiger partial charge on any atom is -0.390 e. The summed E-state index contributed by atoms with van der Waals surface area (Å²) >= 11 is 12.1. The lowest BCUT2D eigenvalue weighted by atomic mass is 10.0. The zero-order valence-electron chi connectivity index (χ0n) is 17.0. The lowest BCUT2D eigenvalue weighted by molar-refractivity contribution is 0.00335. The van der Waals surface area contributed by atoms with Crippen molar-refractivity contribution in [3.63, 3.8) is 0 Å². The van der Waals surface area contributed by atoms with E-state index in [-0.39, 0.29) is 18.5 Å². The fraction of sp³-hybridized carbons (Fsp3) is 0.348. The maximum absolute atomic E-state index is 13.3. The molecule has 2 atom stereocenters. The Balaban J connectivity index is 1.62. The number of aliphatic hydroxyl groups is 1.